The van der Waals surface area contributed by atoms with Crippen molar-refractivity contribution >= 4 is 52.2 Å². The van der Waals surface area contributed by atoms with E-state index in [1.165, 1.54) is 6.08 Å². The van der Waals surface area contributed by atoms with Gasteiger partial charge in [0.05, 0.1) is 10.2 Å². The van der Waals surface area contributed by atoms with Gasteiger partial charge in [-0.15, -0.1) is 0 Å². The lowest BCUT2D eigenvalue weighted by Crippen LogP contribution is -2.38. The van der Waals surface area contributed by atoms with E-state index >= 15 is 0 Å². The van der Waals surface area contributed by atoms with Crippen molar-refractivity contribution in [1.82, 2.24) is 10.2 Å². The van der Waals surface area contributed by atoms with Crippen molar-refractivity contribution in [3.05, 3.63) is 56.8 Å². The van der Waals surface area contributed by atoms with Crippen molar-refractivity contribution < 1.29 is 24.2 Å². The van der Waals surface area contributed by atoms with Crippen LogP contribution in [0.4, 0.5) is 10.5 Å². The van der Waals surface area contributed by atoms with Crippen LogP contribution in [-0.4, -0.2) is 41.0 Å². The number of phenolic OH excluding ortho intramolecular Hbond substituents is 1. The first-order valence-corrected chi connectivity index (χ1v) is 10.2. The van der Waals surface area contributed by atoms with E-state index in [4.69, 9.17) is 4.74 Å². The fourth-order valence-corrected chi connectivity index (χ4v) is 3.52. The van der Waals surface area contributed by atoms with Crippen molar-refractivity contribution in [1.29, 1.82) is 0 Å². The lowest BCUT2D eigenvalue weighted by atomic mass is 10.1. The van der Waals surface area contributed by atoms with Gasteiger partial charge in [-0.25, -0.2) is 9.69 Å². The van der Waals surface area contributed by atoms with Crippen LogP contribution >= 0.6 is 22.6 Å². The molecule has 0 aromatic heterocycles. The molecule has 1 saturated heterocycles. The second-order valence-corrected chi connectivity index (χ2v) is 7.74. The zero-order chi connectivity index (χ0) is 21.8. The van der Waals surface area contributed by atoms with Gasteiger partial charge < -0.3 is 20.5 Å². The third-order valence-corrected chi connectivity index (χ3v) is 5.05. The molecule has 1 aliphatic heterocycles. The van der Waals surface area contributed by atoms with E-state index in [9.17, 15) is 19.5 Å². The van der Waals surface area contributed by atoms with Gasteiger partial charge in [-0.1, -0.05) is 12.1 Å². The number of rotatable bonds is 6. The summed E-state index contributed by atoms with van der Waals surface area (Å²) in [6.45, 7) is 3.64. The van der Waals surface area contributed by atoms with Crippen molar-refractivity contribution in [2.24, 2.45) is 0 Å². The Balaban J connectivity index is 1.75. The third-order valence-electron chi connectivity index (χ3n) is 4.23. The predicted octanol–water partition coefficient (Wildman–Crippen LogP) is 3.24. The number of benzene rings is 2. The summed E-state index contributed by atoms with van der Waals surface area (Å²) in [6.07, 6.45) is 1.48. The molecule has 0 atom stereocenters. The average Bonchev–Trinajstić information content (AvgIpc) is 2.93. The molecule has 0 spiro atoms. The number of imide groups is 1. The molecule has 8 nitrogen and oxygen atoms in total. The van der Waals surface area contributed by atoms with Gasteiger partial charge in [0, 0.05) is 5.69 Å². The maximum atomic E-state index is 12.6. The number of aromatic hydroxyl groups is 1. The maximum Gasteiger partial charge on any atom is 0.329 e. The number of nitrogens with zero attached hydrogens (tertiary/aromatic N) is 1. The summed E-state index contributed by atoms with van der Waals surface area (Å²) >= 11 is 1.95. The number of phenols is 1. The number of anilines is 1. The van der Waals surface area contributed by atoms with Gasteiger partial charge in [-0.3, -0.25) is 9.59 Å². The summed E-state index contributed by atoms with van der Waals surface area (Å²) in [5.41, 5.74) is 2.16. The van der Waals surface area contributed by atoms with Crippen LogP contribution in [0.2, 0.25) is 0 Å². The van der Waals surface area contributed by atoms with Gasteiger partial charge in [0.2, 0.25) is 5.91 Å². The highest BCUT2D eigenvalue weighted by Gasteiger charge is 2.35. The number of aryl methyl sites for hydroxylation is 1. The number of amides is 4. The molecule has 1 aliphatic rings. The summed E-state index contributed by atoms with van der Waals surface area (Å²) < 4.78 is 5.93. The molecule has 0 bridgehead atoms. The lowest BCUT2D eigenvalue weighted by molar-refractivity contribution is -0.127. The molecule has 9 heteroatoms. The minimum atomic E-state index is -0.677. The van der Waals surface area contributed by atoms with Crippen LogP contribution in [0.3, 0.4) is 0 Å². The van der Waals surface area contributed by atoms with Crippen molar-refractivity contribution in [2.75, 3.05) is 18.5 Å². The SMILES string of the molecule is CCOc1cc(C=C2NC(=O)N(CC(=O)Nc3cccc(C)c3)C2=O)cc(I)c1O. The van der Waals surface area contributed by atoms with E-state index in [1.54, 1.807) is 37.3 Å². The first-order valence-electron chi connectivity index (χ1n) is 9.15. The monoisotopic (exact) mass is 521 g/mol. The summed E-state index contributed by atoms with van der Waals surface area (Å²) in [7, 11) is 0. The fraction of sp³-hybridized carbons (Fsp3) is 0.190. The van der Waals surface area contributed by atoms with Crippen LogP contribution in [0, 0.1) is 10.5 Å². The standard InChI is InChI=1S/C21H20IN3O5/c1-3-30-17-10-13(8-15(22)19(17)27)9-16-20(28)25(21(29)24-16)11-18(26)23-14-6-4-5-12(2)7-14/h4-10,27H,3,11H2,1-2H3,(H,23,26)(H,24,29). The van der Waals surface area contributed by atoms with Gasteiger partial charge in [0.25, 0.3) is 5.91 Å². The number of hydrogen-bond donors (Lipinski definition) is 3. The predicted molar refractivity (Wildman–Crippen MR) is 120 cm³/mol. The topological polar surface area (TPSA) is 108 Å². The highest BCUT2D eigenvalue weighted by Crippen LogP contribution is 2.33. The molecule has 30 heavy (non-hydrogen) atoms. The molecule has 0 radical (unpaired) electrons. The zero-order valence-corrected chi connectivity index (χ0v) is 18.5. The van der Waals surface area contributed by atoms with Crippen molar-refractivity contribution in [3.63, 3.8) is 0 Å². The van der Waals surface area contributed by atoms with Crippen LogP contribution in [0.15, 0.2) is 42.1 Å². The molecule has 156 valence electrons. The minimum absolute atomic E-state index is 0.0100. The van der Waals surface area contributed by atoms with E-state index in [0.29, 0.717) is 21.4 Å². The van der Waals surface area contributed by atoms with E-state index in [0.717, 1.165) is 10.5 Å². The first-order chi connectivity index (χ1) is 14.3. The molecule has 1 heterocycles. The van der Waals surface area contributed by atoms with Gasteiger partial charge in [-0.05, 0) is 77.9 Å². The van der Waals surface area contributed by atoms with Crippen LogP contribution < -0.4 is 15.4 Å². The van der Waals surface area contributed by atoms with Crippen LogP contribution in [-0.2, 0) is 9.59 Å². The molecule has 1 fully saturated rings. The lowest BCUT2D eigenvalue weighted by Gasteiger charge is -2.12. The first kappa shape index (κ1) is 21.6. The second-order valence-electron chi connectivity index (χ2n) is 6.58. The van der Waals surface area contributed by atoms with Crippen LogP contribution in [0.1, 0.15) is 18.1 Å². The summed E-state index contributed by atoms with van der Waals surface area (Å²) in [5, 5.41) is 15.2. The minimum Gasteiger partial charge on any atom is -0.504 e. The van der Waals surface area contributed by atoms with E-state index in [-0.39, 0.29) is 17.2 Å². The van der Waals surface area contributed by atoms with Crippen LogP contribution in [0.5, 0.6) is 11.5 Å². The number of carbonyl (C=O) groups is 3. The smallest absolute Gasteiger partial charge is 0.329 e. The Kier molecular flexibility index (Phi) is 6.60. The fourth-order valence-electron chi connectivity index (χ4n) is 2.89. The largest absolute Gasteiger partial charge is 0.504 e. The van der Waals surface area contributed by atoms with Gasteiger partial charge >= 0.3 is 6.03 Å². The van der Waals surface area contributed by atoms with Crippen molar-refractivity contribution in [3.8, 4) is 11.5 Å². The molecular formula is C21H20IN3O5. The summed E-state index contributed by atoms with van der Waals surface area (Å²) in [4.78, 5) is 38.0. The Morgan fingerprint density at radius 2 is 2.07 bits per heavy atom. The Morgan fingerprint density at radius 1 is 1.30 bits per heavy atom. The number of nitrogens with one attached hydrogen (secondary N) is 2. The molecule has 0 aliphatic carbocycles. The Morgan fingerprint density at radius 3 is 2.77 bits per heavy atom. The summed E-state index contributed by atoms with van der Waals surface area (Å²) in [5.74, 6) is -0.804. The second kappa shape index (κ2) is 9.16. The molecule has 4 amide bonds. The molecule has 2 aromatic carbocycles. The Bertz CT molecular complexity index is 1050. The van der Waals surface area contributed by atoms with Gasteiger partial charge in [0.15, 0.2) is 11.5 Å². The average molecular weight is 521 g/mol. The molecule has 3 N–H and O–H groups in total. The summed E-state index contributed by atoms with van der Waals surface area (Å²) in [6, 6.07) is 9.76. The van der Waals surface area contributed by atoms with Gasteiger partial charge in [-0.2, -0.15) is 0 Å². The van der Waals surface area contributed by atoms with E-state index < -0.39 is 24.4 Å². The van der Waals surface area contributed by atoms with E-state index in [1.807, 2.05) is 35.6 Å². The number of hydrogen-bond acceptors (Lipinski definition) is 5. The number of ether oxygens (including phenoxy) is 1. The highest BCUT2D eigenvalue weighted by molar-refractivity contribution is 14.1. The van der Waals surface area contributed by atoms with Gasteiger partial charge in [0.1, 0.15) is 12.2 Å². The Hall–Kier alpha value is -3.08. The number of halogens is 1. The molecule has 0 saturated carbocycles. The normalized spacial score (nSPS) is 14.8. The molecular weight excluding hydrogens is 501 g/mol. The molecule has 2 aromatic rings. The zero-order valence-electron chi connectivity index (χ0n) is 16.4. The molecule has 0 unspecified atom stereocenters. The highest BCUT2D eigenvalue weighted by atomic mass is 127. The number of carbonyl (C=O) groups excluding carboxylic acids is 3. The van der Waals surface area contributed by atoms with Crippen LogP contribution in [0.25, 0.3) is 6.08 Å². The molecule has 3 rings (SSSR count). The van der Waals surface area contributed by atoms with E-state index in [2.05, 4.69) is 10.6 Å². The third kappa shape index (κ3) is 4.90. The maximum absolute atomic E-state index is 12.6. The quantitative estimate of drug-likeness (QED) is 0.308. The Labute approximate surface area is 187 Å². The number of urea groups is 1. The van der Waals surface area contributed by atoms with Crippen molar-refractivity contribution in [2.45, 2.75) is 13.8 Å².